The van der Waals surface area contributed by atoms with E-state index >= 15 is 0 Å². The molecular weight excluding hydrogens is 200 g/mol. The van der Waals surface area contributed by atoms with Gasteiger partial charge in [0.1, 0.15) is 0 Å². The summed E-state index contributed by atoms with van der Waals surface area (Å²) in [6.45, 7) is 3.75. The minimum atomic E-state index is -0.130. The molecule has 0 aliphatic rings. The lowest BCUT2D eigenvalue weighted by atomic mass is 10.2. The second-order valence-electron chi connectivity index (χ2n) is 3.28. The summed E-state index contributed by atoms with van der Waals surface area (Å²) in [7, 11) is 0. The summed E-state index contributed by atoms with van der Waals surface area (Å²) >= 11 is 5.58. The maximum absolute atomic E-state index is 11.6. The van der Waals surface area contributed by atoms with Crippen molar-refractivity contribution in [2.75, 3.05) is 5.88 Å². The van der Waals surface area contributed by atoms with Crippen molar-refractivity contribution in [1.29, 1.82) is 0 Å². The fourth-order valence-corrected chi connectivity index (χ4v) is 1.10. The van der Waals surface area contributed by atoms with E-state index in [1.54, 1.807) is 18.5 Å². The highest BCUT2D eigenvalue weighted by Crippen LogP contribution is 2.01. The van der Waals surface area contributed by atoms with Gasteiger partial charge in [0.2, 0.25) is 0 Å². The number of nitrogens with one attached hydrogen (secondary N) is 1. The monoisotopic (exact) mass is 212 g/mol. The molecule has 0 fully saturated rings. The van der Waals surface area contributed by atoms with Crippen LogP contribution in [0.3, 0.4) is 0 Å². The van der Waals surface area contributed by atoms with E-state index in [2.05, 4.69) is 10.3 Å². The van der Waals surface area contributed by atoms with Gasteiger partial charge in [-0.1, -0.05) is 0 Å². The molecule has 1 amide bonds. The second-order valence-corrected chi connectivity index (χ2v) is 3.59. The van der Waals surface area contributed by atoms with Crippen molar-refractivity contribution in [1.82, 2.24) is 10.3 Å². The number of hydrogen-bond donors (Lipinski definition) is 1. The van der Waals surface area contributed by atoms with E-state index < -0.39 is 0 Å². The summed E-state index contributed by atoms with van der Waals surface area (Å²) in [4.78, 5) is 15.5. The van der Waals surface area contributed by atoms with Crippen LogP contribution in [0.25, 0.3) is 0 Å². The van der Waals surface area contributed by atoms with Gasteiger partial charge in [-0.3, -0.25) is 9.78 Å². The summed E-state index contributed by atoms with van der Waals surface area (Å²) in [5, 5.41) is 2.76. The zero-order valence-electron chi connectivity index (χ0n) is 8.25. The molecule has 0 saturated carbocycles. The van der Waals surface area contributed by atoms with Crippen LogP contribution >= 0.6 is 11.6 Å². The van der Waals surface area contributed by atoms with Gasteiger partial charge in [0.05, 0.1) is 5.56 Å². The molecule has 0 spiro atoms. The predicted octanol–water partition coefficient (Wildman–Crippen LogP) is 1.75. The number of nitrogens with zero attached hydrogens (tertiary/aromatic N) is 1. The number of pyridine rings is 1. The van der Waals surface area contributed by atoms with Gasteiger partial charge < -0.3 is 5.32 Å². The van der Waals surface area contributed by atoms with Crippen LogP contribution in [0.15, 0.2) is 18.5 Å². The Balaban J connectivity index is 2.70. The van der Waals surface area contributed by atoms with Crippen LogP contribution in [0.2, 0.25) is 0 Å². The average molecular weight is 213 g/mol. The molecule has 3 nitrogen and oxygen atoms in total. The number of aryl methyl sites for hydroxylation is 1. The number of carbonyl (C=O) groups excluding carboxylic acids is 1. The number of rotatable bonds is 3. The molecular formula is C10H13ClN2O. The zero-order chi connectivity index (χ0) is 10.6. The first-order chi connectivity index (χ1) is 6.63. The normalized spacial score (nSPS) is 12.2. The molecule has 0 saturated heterocycles. The number of carbonyl (C=O) groups is 1. The molecule has 1 rings (SSSR count). The molecule has 0 bridgehead atoms. The first kappa shape index (κ1) is 11.0. The highest BCUT2D eigenvalue weighted by Gasteiger charge is 2.08. The number of hydrogen-bond acceptors (Lipinski definition) is 2. The molecule has 0 radical (unpaired) electrons. The molecule has 4 heteroatoms. The maximum Gasteiger partial charge on any atom is 0.253 e. The van der Waals surface area contributed by atoms with E-state index in [1.165, 1.54) is 0 Å². The van der Waals surface area contributed by atoms with Crippen LogP contribution in [-0.4, -0.2) is 22.8 Å². The molecule has 14 heavy (non-hydrogen) atoms. The molecule has 0 aliphatic heterocycles. The molecule has 1 atom stereocenters. The van der Waals surface area contributed by atoms with Crippen LogP contribution in [0.4, 0.5) is 0 Å². The van der Waals surface area contributed by atoms with Gasteiger partial charge in [-0.25, -0.2) is 0 Å². The Bertz CT molecular complexity index is 328. The molecule has 1 N–H and O–H groups in total. The number of halogens is 1. The lowest BCUT2D eigenvalue weighted by molar-refractivity contribution is 0.0943. The Labute approximate surface area is 88.5 Å². The molecule has 1 aromatic rings. The van der Waals surface area contributed by atoms with Crippen LogP contribution < -0.4 is 5.32 Å². The van der Waals surface area contributed by atoms with Crippen molar-refractivity contribution in [3.05, 3.63) is 29.6 Å². The van der Waals surface area contributed by atoms with Crippen LogP contribution in [0, 0.1) is 6.92 Å². The number of amides is 1. The minimum Gasteiger partial charge on any atom is -0.348 e. The smallest absolute Gasteiger partial charge is 0.253 e. The lowest BCUT2D eigenvalue weighted by Crippen LogP contribution is -2.33. The molecule has 0 aromatic carbocycles. The van der Waals surface area contributed by atoms with Crippen molar-refractivity contribution < 1.29 is 4.79 Å². The van der Waals surface area contributed by atoms with Crippen molar-refractivity contribution >= 4 is 17.5 Å². The fraction of sp³-hybridized carbons (Fsp3) is 0.400. The Hall–Kier alpha value is -1.09. The first-order valence-corrected chi connectivity index (χ1v) is 4.95. The number of alkyl halides is 1. The third kappa shape index (κ3) is 3.00. The molecule has 1 unspecified atom stereocenters. The van der Waals surface area contributed by atoms with Crippen molar-refractivity contribution in [3.8, 4) is 0 Å². The summed E-state index contributed by atoms with van der Waals surface area (Å²) in [5.74, 6) is 0.277. The Morgan fingerprint density at radius 2 is 2.36 bits per heavy atom. The first-order valence-electron chi connectivity index (χ1n) is 4.42. The Morgan fingerprint density at radius 3 is 2.93 bits per heavy atom. The average Bonchev–Trinajstić information content (AvgIpc) is 2.17. The van der Waals surface area contributed by atoms with Gasteiger partial charge >= 0.3 is 0 Å². The Kier molecular flexibility index (Phi) is 3.89. The molecule has 1 heterocycles. The van der Waals surface area contributed by atoms with Gasteiger partial charge in [-0.05, 0) is 25.5 Å². The van der Waals surface area contributed by atoms with E-state index in [-0.39, 0.29) is 11.9 Å². The molecule has 76 valence electrons. The minimum absolute atomic E-state index is 0.0234. The standard InChI is InChI=1S/C10H13ClN2O/c1-7-3-9(6-12-5-7)10(14)13-8(2)4-11/h3,5-6,8H,4H2,1-2H3,(H,13,14). The van der Waals surface area contributed by atoms with Gasteiger partial charge in [0.15, 0.2) is 0 Å². The molecule has 1 aromatic heterocycles. The largest absolute Gasteiger partial charge is 0.348 e. The molecule has 0 aliphatic carbocycles. The summed E-state index contributed by atoms with van der Waals surface area (Å²) in [6, 6.07) is 1.77. The summed E-state index contributed by atoms with van der Waals surface area (Å²) in [6.07, 6.45) is 3.26. The topological polar surface area (TPSA) is 42.0 Å². The van der Waals surface area contributed by atoms with Gasteiger partial charge in [0, 0.05) is 24.3 Å². The van der Waals surface area contributed by atoms with E-state index in [9.17, 15) is 4.79 Å². The van der Waals surface area contributed by atoms with Crippen molar-refractivity contribution in [3.63, 3.8) is 0 Å². The summed E-state index contributed by atoms with van der Waals surface area (Å²) < 4.78 is 0. The fourth-order valence-electron chi connectivity index (χ4n) is 1.02. The van der Waals surface area contributed by atoms with E-state index in [1.807, 2.05) is 13.8 Å². The van der Waals surface area contributed by atoms with E-state index in [0.717, 1.165) is 5.56 Å². The summed E-state index contributed by atoms with van der Waals surface area (Å²) in [5.41, 5.74) is 1.54. The van der Waals surface area contributed by atoms with Gasteiger partial charge in [0.25, 0.3) is 5.91 Å². The Morgan fingerprint density at radius 1 is 1.64 bits per heavy atom. The SMILES string of the molecule is Cc1cncc(C(=O)NC(C)CCl)c1. The van der Waals surface area contributed by atoms with Gasteiger partial charge in [-0.15, -0.1) is 11.6 Å². The third-order valence-corrected chi connectivity index (χ3v) is 2.21. The lowest BCUT2D eigenvalue weighted by Gasteiger charge is -2.10. The third-order valence-electron chi connectivity index (χ3n) is 1.75. The maximum atomic E-state index is 11.6. The zero-order valence-corrected chi connectivity index (χ0v) is 9.01. The highest BCUT2D eigenvalue weighted by atomic mass is 35.5. The van der Waals surface area contributed by atoms with E-state index in [4.69, 9.17) is 11.6 Å². The predicted molar refractivity (Wildman–Crippen MR) is 56.6 cm³/mol. The van der Waals surface area contributed by atoms with E-state index in [0.29, 0.717) is 11.4 Å². The quantitative estimate of drug-likeness (QED) is 0.776. The van der Waals surface area contributed by atoms with Crippen LogP contribution in [0.5, 0.6) is 0 Å². The van der Waals surface area contributed by atoms with Gasteiger partial charge in [-0.2, -0.15) is 0 Å². The van der Waals surface area contributed by atoms with Crippen molar-refractivity contribution in [2.24, 2.45) is 0 Å². The van der Waals surface area contributed by atoms with Crippen LogP contribution in [-0.2, 0) is 0 Å². The number of aromatic nitrogens is 1. The van der Waals surface area contributed by atoms with Crippen LogP contribution in [0.1, 0.15) is 22.8 Å². The second kappa shape index (κ2) is 4.96. The highest BCUT2D eigenvalue weighted by molar-refractivity contribution is 6.18. The van der Waals surface area contributed by atoms with Crippen molar-refractivity contribution in [2.45, 2.75) is 19.9 Å².